The van der Waals surface area contributed by atoms with Crippen LogP contribution < -0.4 is 10.1 Å². The van der Waals surface area contributed by atoms with Crippen molar-refractivity contribution in [3.8, 4) is 17.1 Å². The lowest BCUT2D eigenvalue weighted by atomic mass is 10.0. The van der Waals surface area contributed by atoms with E-state index in [-0.39, 0.29) is 11.9 Å². The summed E-state index contributed by atoms with van der Waals surface area (Å²) < 4.78 is 10.5. The van der Waals surface area contributed by atoms with Crippen LogP contribution in [0.1, 0.15) is 17.4 Å². The number of hydrogen-bond acceptors (Lipinski definition) is 5. The Balaban J connectivity index is 1.22. The second kappa shape index (κ2) is 8.12. The van der Waals surface area contributed by atoms with Crippen molar-refractivity contribution in [2.24, 2.45) is 0 Å². The van der Waals surface area contributed by atoms with E-state index in [9.17, 15) is 4.79 Å². The number of benzene rings is 2. The molecule has 1 saturated heterocycles. The standard InChI is InChI=1S/C21H22N4O3/c1-27-18-9-7-15(8-10-18)11-12-22-21(26)25-13-17(14-25)20-23-19(24-28-20)16-5-3-2-4-6-16/h2-10,17H,11-14H2,1H3,(H,22,26). The van der Waals surface area contributed by atoms with E-state index in [4.69, 9.17) is 9.26 Å². The van der Waals surface area contributed by atoms with Crippen molar-refractivity contribution in [3.05, 3.63) is 66.1 Å². The van der Waals surface area contributed by atoms with Crippen LogP contribution in [0.25, 0.3) is 11.4 Å². The van der Waals surface area contributed by atoms with E-state index in [0.717, 1.165) is 23.3 Å². The lowest BCUT2D eigenvalue weighted by Gasteiger charge is -2.36. The van der Waals surface area contributed by atoms with E-state index >= 15 is 0 Å². The summed E-state index contributed by atoms with van der Waals surface area (Å²) in [7, 11) is 1.65. The minimum absolute atomic E-state index is 0.0624. The quantitative estimate of drug-likeness (QED) is 0.713. The van der Waals surface area contributed by atoms with Crippen LogP contribution in [-0.2, 0) is 6.42 Å². The number of nitrogens with zero attached hydrogens (tertiary/aromatic N) is 3. The van der Waals surface area contributed by atoms with Gasteiger partial charge in [-0.15, -0.1) is 0 Å². The van der Waals surface area contributed by atoms with Gasteiger partial charge in [-0.3, -0.25) is 0 Å². The third-order valence-corrected chi connectivity index (χ3v) is 4.84. The molecule has 0 spiro atoms. The number of carbonyl (C=O) groups is 1. The first-order chi connectivity index (χ1) is 13.7. The minimum atomic E-state index is -0.0624. The Bertz CT molecular complexity index is 918. The molecule has 4 rings (SSSR count). The van der Waals surface area contributed by atoms with Crippen molar-refractivity contribution in [2.75, 3.05) is 26.7 Å². The molecule has 0 saturated carbocycles. The van der Waals surface area contributed by atoms with Crippen molar-refractivity contribution < 1.29 is 14.1 Å². The van der Waals surface area contributed by atoms with Crippen LogP contribution >= 0.6 is 0 Å². The number of rotatable bonds is 6. The predicted molar refractivity (Wildman–Crippen MR) is 104 cm³/mol. The van der Waals surface area contributed by atoms with Gasteiger partial charge >= 0.3 is 6.03 Å². The van der Waals surface area contributed by atoms with Crippen molar-refractivity contribution in [1.29, 1.82) is 0 Å². The number of amides is 2. The third-order valence-electron chi connectivity index (χ3n) is 4.84. The van der Waals surface area contributed by atoms with Gasteiger partial charge in [0.1, 0.15) is 5.75 Å². The molecular weight excluding hydrogens is 356 g/mol. The molecule has 0 unspecified atom stereocenters. The Morgan fingerprint density at radius 3 is 2.64 bits per heavy atom. The first-order valence-corrected chi connectivity index (χ1v) is 9.27. The lowest BCUT2D eigenvalue weighted by molar-refractivity contribution is 0.137. The SMILES string of the molecule is COc1ccc(CCNC(=O)N2CC(c3nc(-c4ccccc4)no3)C2)cc1. The number of ether oxygens (including phenoxy) is 1. The van der Waals surface area contributed by atoms with Gasteiger partial charge in [0.15, 0.2) is 0 Å². The number of carbonyl (C=O) groups excluding carboxylic acids is 1. The van der Waals surface area contributed by atoms with E-state index < -0.39 is 0 Å². The van der Waals surface area contributed by atoms with Gasteiger partial charge in [-0.1, -0.05) is 47.6 Å². The highest BCUT2D eigenvalue weighted by molar-refractivity contribution is 5.75. The number of aromatic nitrogens is 2. The van der Waals surface area contributed by atoms with Crippen LogP contribution in [0.4, 0.5) is 4.79 Å². The van der Waals surface area contributed by atoms with Gasteiger partial charge in [-0.05, 0) is 24.1 Å². The Hall–Kier alpha value is -3.35. The van der Waals surface area contributed by atoms with E-state index in [1.54, 1.807) is 12.0 Å². The molecule has 0 atom stereocenters. The molecule has 1 aliphatic heterocycles. The Morgan fingerprint density at radius 2 is 1.93 bits per heavy atom. The summed E-state index contributed by atoms with van der Waals surface area (Å²) in [5.41, 5.74) is 2.08. The molecule has 2 heterocycles. The van der Waals surface area contributed by atoms with Crippen molar-refractivity contribution in [1.82, 2.24) is 20.4 Å². The molecule has 7 heteroatoms. The zero-order valence-corrected chi connectivity index (χ0v) is 15.7. The maximum Gasteiger partial charge on any atom is 0.317 e. The van der Waals surface area contributed by atoms with E-state index in [1.807, 2.05) is 54.6 Å². The molecule has 7 nitrogen and oxygen atoms in total. The maximum absolute atomic E-state index is 12.2. The van der Waals surface area contributed by atoms with Crippen LogP contribution in [0.5, 0.6) is 5.75 Å². The fourth-order valence-corrected chi connectivity index (χ4v) is 3.12. The molecule has 144 valence electrons. The Labute approximate surface area is 163 Å². The molecule has 0 radical (unpaired) electrons. The molecular formula is C21H22N4O3. The highest BCUT2D eigenvalue weighted by atomic mass is 16.5. The maximum atomic E-state index is 12.2. The highest BCUT2D eigenvalue weighted by Crippen LogP contribution is 2.27. The van der Waals surface area contributed by atoms with Crippen molar-refractivity contribution in [2.45, 2.75) is 12.3 Å². The van der Waals surface area contributed by atoms with E-state index in [1.165, 1.54) is 0 Å². The van der Waals surface area contributed by atoms with Crippen LogP contribution in [0, 0.1) is 0 Å². The highest BCUT2D eigenvalue weighted by Gasteiger charge is 2.35. The smallest absolute Gasteiger partial charge is 0.317 e. The van der Waals surface area contributed by atoms with Gasteiger partial charge in [0.05, 0.1) is 13.0 Å². The number of hydrogen-bond donors (Lipinski definition) is 1. The molecule has 2 aromatic carbocycles. The van der Waals surface area contributed by atoms with E-state index in [2.05, 4.69) is 15.5 Å². The second-order valence-corrected chi connectivity index (χ2v) is 6.75. The fourth-order valence-electron chi connectivity index (χ4n) is 3.12. The zero-order valence-electron chi connectivity index (χ0n) is 15.7. The third kappa shape index (κ3) is 3.98. The summed E-state index contributed by atoms with van der Waals surface area (Å²) in [6, 6.07) is 17.5. The lowest BCUT2D eigenvalue weighted by Crippen LogP contribution is -2.52. The van der Waals surface area contributed by atoms with Gasteiger partial charge < -0.3 is 19.5 Å². The largest absolute Gasteiger partial charge is 0.497 e. The molecule has 28 heavy (non-hydrogen) atoms. The molecule has 1 aromatic heterocycles. The number of likely N-dealkylation sites (tertiary alicyclic amines) is 1. The summed E-state index contributed by atoms with van der Waals surface area (Å²) >= 11 is 0. The molecule has 1 fully saturated rings. The molecule has 3 aromatic rings. The molecule has 0 aliphatic carbocycles. The normalized spacial score (nSPS) is 13.8. The predicted octanol–water partition coefficient (Wildman–Crippen LogP) is 3.10. The molecule has 2 amide bonds. The van der Waals surface area contributed by atoms with Crippen LogP contribution in [0.3, 0.4) is 0 Å². The van der Waals surface area contributed by atoms with Crippen molar-refractivity contribution in [3.63, 3.8) is 0 Å². The average Bonchev–Trinajstić information content (AvgIpc) is 3.18. The Kier molecular flexibility index (Phi) is 5.23. The summed E-state index contributed by atoms with van der Waals surface area (Å²) in [5.74, 6) is 2.09. The summed E-state index contributed by atoms with van der Waals surface area (Å²) in [6.45, 7) is 1.76. The van der Waals surface area contributed by atoms with E-state index in [0.29, 0.717) is 31.3 Å². The van der Waals surface area contributed by atoms with Crippen LogP contribution in [-0.4, -0.2) is 47.8 Å². The molecule has 1 aliphatic rings. The minimum Gasteiger partial charge on any atom is -0.497 e. The topological polar surface area (TPSA) is 80.5 Å². The zero-order chi connectivity index (χ0) is 19.3. The molecule has 1 N–H and O–H groups in total. The summed E-state index contributed by atoms with van der Waals surface area (Å²) in [5, 5.41) is 6.99. The summed E-state index contributed by atoms with van der Waals surface area (Å²) in [4.78, 5) is 18.5. The number of urea groups is 1. The van der Waals surface area contributed by atoms with Crippen LogP contribution in [0.2, 0.25) is 0 Å². The first-order valence-electron chi connectivity index (χ1n) is 9.27. The Morgan fingerprint density at radius 1 is 1.18 bits per heavy atom. The van der Waals surface area contributed by atoms with Crippen LogP contribution in [0.15, 0.2) is 59.1 Å². The number of nitrogens with one attached hydrogen (secondary N) is 1. The average molecular weight is 378 g/mol. The van der Waals surface area contributed by atoms with Gasteiger partial charge in [0.2, 0.25) is 11.7 Å². The van der Waals surface area contributed by atoms with Crippen molar-refractivity contribution >= 4 is 6.03 Å². The van der Waals surface area contributed by atoms with Gasteiger partial charge in [-0.2, -0.15) is 4.98 Å². The monoisotopic (exact) mass is 378 g/mol. The summed E-state index contributed by atoms with van der Waals surface area (Å²) in [6.07, 6.45) is 0.775. The van der Waals surface area contributed by atoms with Gasteiger partial charge in [0.25, 0.3) is 0 Å². The van der Waals surface area contributed by atoms with Gasteiger partial charge in [0, 0.05) is 25.2 Å². The number of methoxy groups -OCH3 is 1. The fraction of sp³-hybridized carbons (Fsp3) is 0.286. The second-order valence-electron chi connectivity index (χ2n) is 6.75. The molecule has 0 bridgehead atoms. The van der Waals surface area contributed by atoms with Gasteiger partial charge in [-0.25, -0.2) is 4.79 Å². The first kappa shape index (κ1) is 18.0.